The molecule has 0 radical (unpaired) electrons. The van der Waals surface area contributed by atoms with Gasteiger partial charge in [-0.3, -0.25) is 9.59 Å². The molecule has 1 aromatic carbocycles. The summed E-state index contributed by atoms with van der Waals surface area (Å²) in [4.78, 5) is 23.2. The fourth-order valence-electron chi connectivity index (χ4n) is 1.02. The van der Waals surface area contributed by atoms with E-state index in [1.807, 2.05) is 12.1 Å². The van der Waals surface area contributed by atoms with Crippen molar-refractivity contribution in [2.75, 3.05) is 18.2 Å². The maximum Gasteiger partial charge on any atom is 0.315 e. The smallest absolute Gasteiger partial charge is 0.315 e. The number of hydrogen-bond acceptors (Lipinski definition) is 4. The molecule has 0 spiro atoms. The molecule has 0 heterocycles. The minimum atomic E-state index is -0.259. The Labute approximate surface area is 107 Å². The Morgan fingerprint density at radius 1 is 1.31 bits per heavy atom. The molecule has 16 heavy (non-hydrogen) atoms. The van der Waals surface area contributed by atoms with Gasteiger partial charge in [0.25, 0.3) is 0 Å². The van der Waals surface area contributed by atoms with Gasteiger partial charge in [0.05, 0.1) is 18.2 Å². The fourth-order valence-corrected chi connectivity index (χ4v) is 2.07. The zero-order valence-corrected chi connectivity index (χ0v) is 11.1. The van der Waals surface area contributed by atoms with Crippen molar-refractivity contribution in [3.05, 3.63) is 29.8 Å². The number of methoxy groups -OCH3 is 1. The zero-order valence-electron chi connectivity index (χ0n) is 8.73. The van der Waals surface area contributed by atoms with Crippen molar-refractivity contribution in [3.8, 4) is 0 Å². The number of esters is 1. The van der Waals surface area contributed by atoms with E-state index in [1.54, 1.807) is 12.1 Å². The van der Waals surface area contributed by atoms with Crippen LogP contribution in [0.4, 0.5) is 0 Å². The van der Waals surface area contributed by atoms with Crippen molar-refractivity contribution in [2.24, 2.45) is 0 Å². The maximum atomic E-state index is 11.3. The van der Waals surface area contributed by atoms with Crippen molar-refractivity contribution in [1.29, 1.82) is 0 Å². The summed E-state index contributed by atoms with van der Waals surface area (Å²) < 4.78 is 4.53. The lowest BCUT2D eigenvalue weighted by molar-refractivity contribution is -0.137. The Balaban J connectivity index is 2.58. The molecule has 0 saturated carbocycles. The van der Waals surface area contributed by atoms with E-state index in [9.17, 15) is 9.59 Å². The second-order valence-corrected chi connectivity index (χ2v) is 4.56. The molecule has 0 amide bonds. The number of benzene rings is 1. The maximum absolute atomic E-state index is 11.3. The largest absolute Gasteiger partial charge is 0.468 e. The Bertz CT molecular complexity index is 375. The van der Waals surface area contributed by atoms with Crippen LogP contribution in [0, 0.1) is 0 Å². The van der Waals surface area contributed by atoms with E-state index in [-0.39, 0.29) is 17.5 Å². The van der Waals surface area contributed by atoms with Gasteiger partial charge in [0.2, 0.25) is 0 Å². The van der Waals surface area contributed by atoms with E-state index in [4.69, 9.17) is 0 Å². The molecule has 0 unspecified atom stereocenters. The molecule has 0 atom stereocenters. The molecule has 0 aliphatic rings. The number of hydrogen-bond donors (Lipinski definition) is 0. The van der Waals surface area contributed by atoms with E-state index in [1.165, 1.54) is 18.9 Å². The molecule has 0 aliphatic carbocycles. The van der Waals surface area contributed by atoms with Gasteiger partial charge in [0, 0.05) is 10.5 Å². The Hall–Kier alpha value is -0.810. The highest BCUT2D eigenvalue weighted by Crippen LogP contribution is 2.18. The summed E-state index contributed by atoms with van der Waals surface area (Å²) in [6.45, 7) is 0. The minimum Gasteiger partial charge on any atom is -0.468 e. The molecular weight excluding hydrogens is 292 g/mol. The van der Waals surface area contributed by atoms with Crippen LogP contribution < -0.4 is 0 Å². The van der Waals surface area contributed by atoms with Crippen LogP contribution in [0.5, 0.6) is 0 Å². The number of halogens is 1. The first-order valence-corrected chi connectivity index (χ1v) is 6.67. The summed E-state index contributed by atoms with van der Waals surface area (Å²) >= 11 is 4.50. The highest BCUT2D eigenvalue weighted by Gasteiger charge is 2.05. The third-order valence-corrected chi connectivity index (χ3v) is 3.38. The van der Waals surface area contributed by atoms with Crippen molar-refractivity contribution in [2.45, 2.75) is 4.90 Å². The molecule has 0 aliphatic heterocycles. The van der Waals surface area contributed by atoms with Gasteiger partial charge in [-0.05, 0) is 12.1 Å². The first-order valence-electron chi connectivity index (χ1n) is 4.56. The van der Waals surface area contributed by atoms with Gasteiger partial charge in [-0.2, -0.15) is 0 Å². The van der Waals surface area contributed by atoms with Gasteiger partial charge in [-0.1, -0.05) is 28.1 Å². The van der Waals surface area contributed by atoms with E-state index in [2.05, 4.69) is 20.7 Å². The van der Waals surface area contributed by atoms with Crippen LogP contribution in [0.3, 0.4) is 0 Å². The van der Waals surface area contributed by atoms with Crippen molar-refractivity contribution < 1.29 is 14.3 Å². The van der Waals surface area contributed by atoms with Crippen LogP contribution in [0.2, 0.25) is 0 Å². The zero-order chi connectivity index (χ0) is 12.0. The van der Waals surface area contributed by atoms with E-state index in [0.29, 0.717) is 10.9 Å². The second kappa shape index (κ2) is 6.70. The lowest BCUT2D eigenvalue weighted by Gasteiger charge is -2.01. The third-order valence-electron chi connectivity index (χ3n) is 1.88. The molecule has 0 fully saturated rings. The quantitative estimate of drug-likeness (QED) is 0.363. The van der Waals surface area contributed by atoms with E-state index >= 15 is 0 Å². The van der Waals surface area contributed by atoms with Gasteiger partial charge in [0.15, 0.2) is 5.78 Å². The summed E-state index contributed by atoms with van der Waals surface area (Å²) in [6, 6.07) is 7.15. The lowest BCUT2D eigenvalue weighted by Crippen LogP contribution is -2.03. The first kappa shape index (κ1) is 13.3. The molecule has 1 aromatic rings. The van der Waals surface area contributed by atoms with Crippen LogP contribution in [0.15, 0.2) is 29.2 Å². The van der Waals surface area contributed by atoms with Gasteiger partial charge in [-0.25, -0.2) is 0 Å². The van der Waals surface area contributed by atoms with Crippen molar-refractivity contribution in [3.63, 3.8) is 0 Å². The molecule has 0 saturated heterocycles. The highest BCUT2D eigenvalue weighted by atomic mass is 79.9. The standard InChI is InChI=1S/C11H11BrO3S/c1-15-11(14)7-16-9-4-2-8(3-5-9)10(13)6-12/h2-5H,6-7H2,1H3. The number of thioether (sulfide) groups is 1. The minimum absolute atomic E-state index is 0.0458. The topological polar surface area (TPSA) is 43.4 Å². The Kier molecular flexibility index (Phi) is 5.55. The summed E-state index contributed by atoms with van der Waals surface area (Å²) in [5.74, 6) is 0.0672. The van der Waals surface area contributed by atoms with Crippen LogP contribution in [0.1, 0.15) is 10.4 Å². The first-order chi connectivity index (χ1) is 7.67. The molecule has 1 rings (SSSR count). The molecule has 3 nitrogen and oxygen atoms in total. The van der Waals surface area contributed by atoms with Crippen LogP contribution >= 0.6 is 27.7 Å². The summed E-state index contributed by atoms with van der Waals surface area (Å²) in [7, 11) is 1.36. The SMILES string of the molecule is COC(=O)CSc1ccc(C(=O)CBr)cc1. The number of Topliss-reactive ketones (excluding diaryl/α,β-unsaturated/α-hetero) is 1. The van der Waals surface area contributed by atoms with Crippen molar-refractivity contribution >= 4 is 39.4 Å². The van der Waals surface area contributed by atoms with Gasteiger partial charge in [-0.15, -0.1) is 11.8 Å². The van der Waals surface area contributed by atoms with Gasteiger partial charge >= 0.3 is 5.97 Å². The molecular formula is C11H11BrO3S. The molecule has 0 bridgehead atoms. The van der Waals surface area contributed by atoms with Gasteiger partial charge in [0.1, 0.15) is 0 Å². The fraction of sp³-hybridized carbons (Fsp3) is 0.273. The average molecular weight is 303 g/mol. The number of rotatable bonds is 5. The normalized spacial score (nSPS) is 9.88. The summed E-state index contributed by atoms with van der Waals surface area (Å²) in [5.41, 5.74) is 0.666. The van der Waals surface area contributed by atoms with Crippen LogP contribution in [-0.2, 0) is 9.53 Å². The number of alkyl halides is 1. The monoisotopic (exact) mass is 302 g/mol. The summed E-state index contributed by atoms with van der Waals surface area (Å²) in [5, 5.41) is 0.321. The predicted octanol–water partition coefficient (Wildman–Crippen LogP) is 2.53. The molecule has 86 valence electrons. The number of carbonyl (C=O) groups excluding carboxylic acids is 2. The predicted molar refractivity (Wildman–Crippen MR) is 67.3 cm³/mol. The third kappa shape index (κ3) is 3.98. The Morgan fingerprint density at radius 2 is 1.94 bits per heavy atom. The van der Waals surface area contributed by atoms with Crippen LogP contribution in [-0.4, -0.2) is 29.9 Å². The highest BCUT2D eigenvalue weighted by molar-refractivity contribution is 9.09. The average Bonchev–Trinajstić information content (AvgIpc) is 2.35. The summed E-state index contributed by atoms with van der Waals surface area (Å²) in [6.07, 6.45) is 0. The lowest BCUT2D eigenvalue weighted by atomic mass is 10.2. The molecule has 5 heteroatoms. The molecule has 0 N–H and O–H groups in total. The van der Waals surface area contributed by atoms with Gasteiger partial charge < -0.3 is 4.74 Å². The molecule has 0 aromatic heterocycles. The van der Waals surface area contributed by atoms with Crippen molar-refractivity contribution in [1.82, 2.24) is 0 Å². The van der Waals surface area contributed by atoms with Crippen LogP contribution in [0.25, 0.3) is 0 Å². The van der Waals surface area contributed by atoms with E-state index in [0.717, 1.165) is 4.90 Å². The number of carbonyl (C=O) groups is 2. The van der Waals surface area contributed by atoms with E-state index < -0.39 is 0 Å². The number of ether oxygens (including phenoxy) is 1. The number of ketones is 1. The second-order valence-electron chi connectivity index (χ2n) is 2.95. The Morgan fingerprint density at radius 3 is 2.44 bits per heavy atom.